The molecule has 3 heteroatoms. The molecular formula is C11H11BrN2. The van der Waals surface area contributed by atoms with E-state index in [9.17, 15) is 0 Å². The van der Waals surface area contributed by atoms with Gasteiger partial charge < -0.3 is 5.32 Å². The van der Waals surface area contributed by atoms with Crippen molar-refractivity contribution < 1.29 is 0 Å². The molecular weight excluding hydrogens is 240 g/mol. The summed E-state index contributed by atoms with van der Waals surface area (Å²) in [4.78, 5) is 4.26. The third kappa shape index (κ3) is 1.23. The summed E-state index contributed by atoms with van der Waals surface area (Å²) in [6.45, 7) is 1.18. The van der Waals surface area contributed by atoms with E-state index >= 15 is 0 Å². The normalized spacial score (nSPS) is 29.4. The molecule has 1 aromatic rings. The maximum absolute atomic E-state index is 4.26. The van der Waals surface area contributed by atoms with Gasteiger partial charge in [-0.1, -0.05) is 12.1 Å². The molecule has 1 N–H and O–H groups in total. The number of nitrogens with one attached hydrogen (secondary N) is 1. The maximum Gasteiger partial charge on any atom is 0.106 e. The Morgan fingerprint density at radius 3 is 2.93 bits per heavy atom. The molecule has 2 atom stereocenters. The summed E-state index contributed by atoms with van der Waals surface area (Å²) in [5, 5.41) is 3.46. The predicted molar refractivity (Wildman–Crippen MR) is 59.8 cm³/mol. The first-order valence-corrected chi connectivity index (χ1v) is 5.69. The van der Waals surface area contributed by atoms with Crippen LogP contribution in [0.25, 0.3) is 5.57 Å². The molecule has 1 aliphatic heterocycles. The molecule has 72 valence electrons. The van der Waals surface area contributed by atoms with Crippen LogP contribution in [0.1, 0.15) is 12.0 Å². The summed E-state index contributed by atoms with van der Waals surface area (Å²) in [6, 6.07) is 4.73. The first-order chi connectivity index (χ1) is 6.84. The van der Waals surface area contributed by atoms with Crippen LogP contribution in [-0.2, 0) is 0 Å². The number of rotatable bonds is 1. The van der Waals surface area contributed by atoms with Crippen LogP contribution in [-0.4, -0.2) is 17.6 Å². The number of allylic oxidation sites excluding steroid dienone is 1. The zero-order valence-corrected chi connectivity index (χ0v) is 9.29. The van der Waals surface area contributed by atoms with Crippen molar-refractivity contribution in [2.45, 2.75) is 12.5 Å². The molecule has 1 aliphatic carbocycles. The highest BCUT2D eigenvalue weighted by molar-refractivity contribution is 9.10. The van der Waals surface area contributed by atoms with Crippen LogP contribution in [0.4, 0.5) is 0 Å². The summed E-state index contributed by atoms with van der Waals surface area (Å²) in [5.41, 5.74) is 2.69. The summed E-state index contributed by atoms with van der Waals surface area (Å²) in [5.74, 6) is 0.841. The number of hydrogen-bond acceptors (Lipinski definition) is 2. The van der Waals surface area contributed by atoms with E-state index in [1.807, 2.05) is 12.3 Å². The number of hydrogen-bond donors (Lipinski definition) is 1. The molecule has 0 unspecified atom stereocenters. The van der Waals surface area contributed by atoms with E-state index in [-0.39, 0.29) is 0 Å². The lowest BCUT2D eigenvalue weighted by Crippen LogP contribution is -2.50. The second-order valence-electron chi connectivity index (χ2n) is 3.91. The highest BCUT2D eigenvalue weighted by atomic mass is 79.9. The molecule has 0 spiro atoms. The second-order valence-corrected chi connectivity index (χ2v) is 4.72. The third-order valence-electron chi connectivity index (χ3n) is 3.11. The first-order valence-electron chi connectivity index (χ1n) is 4.90. The van der Waals surface area contributed by atoms with Gasteiger partial charge in [-0.3, -0.25) is 0 Å². The van der Waals surface area contributed by atoms with E-state index in [0.29, 0.717) is 6.04 Å². The van der Waals surface area contributed by atoms with Crippen LogP contribution in [0.2, 0.25) is 0 Å². The van der Waals surface area contributed by atoms with Gasteiger partial charge in [-0.15, -0.1) is 0 Å². The molecule has 3 rings (SSSR count). The lowest BCUT2D eigenvalue weighted by Gasteiger charge is -2.34. The highest BCUT2D eigenvalue weighted by Gasteiger charge is 2.36. The van der Waals surface area contributed by atoms with Gasteiger partial charge >= 0.3 is 0 Å². The number of fused-ring (bicyclic) bond motifs is 1. The Hall–Kier alpha value is -0.670. The monoisotopic (exact) mass is 250 g/mol. The Labute approximate surface area is 91.6 Å². The maximum atomic E-state index is 4.26. The van der Waals surface area contributed by atoms with Gasteiger partial charge in [0, 0.05) is 18.8 Å². The molecule has 14 heavy (non-hydrogen) atoms. The van der Waals surface area contributed by atoms with E-state index in [2.05, 4.69) is 38.4 Å². The molecule has 1 fully saturated rings. The van der Waals surface area contributed by atoms with Crippen LogP contribution in [0.5, 0.6) is 0 Å². The quantitative estimate of drug-likeness (QED) is 0.774. The van der Waals surface area contributed by atoms with Gasteiger partial charge in [0.2, 0.25) is 0 Å². The topological polar surface area (TPSA) is 24.9 Å². The van der Waals surface area contributed by atoms with E-state index < -0.39 is 0 Å². The molecule has 0 amide bonds. The van der Waals surface area contributed by atoms with Gasteiger partial charge in [-0.05, 0) is 45.5 Å². The number of halogens is 1. The molecule has 1 aromatic heterocycles. The van der Waals surface area contributed by atoms with E-state index in [0.717, 1.165) is 10.5 Å². The zero-order chi connectivity index (χ0) is 9.54. The van der Waals surface area contributed by atoms with E-state index in [1.54, 1.807) is 0 Å². The molecule has 2 heterocycles. The van der Waals surface area contributed by atoms with Gasteiger partial charge in [-0.25, -0.2) is 4.98 Å². The minimum atomic E-state index is 0.595. The van der Waals surface area contributed by atoms with Crippen LogP contribution in [0.3, 0.4) is 0 Å². The molecule has 0 saturated carbocycles. The van der Waals surface area contributed by atoms with Gasteiger partial charge in [0.1, 0.15) is 4.60 Å². The second kappa shape index (κ2) is 3.17. The fourth-order valence-corrected chi connectivity index (χ4v) is 2.47. The fourth-order valence-electron chi connectivity index (χ4n) is 2.23. The minimum Gasteiger partial charge on any atom is -0.309 e. The van der Waals surface area contributed by atoms with Crippen molar-refractivity contribution in [3.63, 3.8) is 0 Å². The third-order valence-corrected chi connectivity index (χ3v) is 3.58. The Bertz CT molecular complexity index is 383. The van der Waals surface area contributed by atoms with Crippen LogP contribution in [0, 0.1) is 5.92 Å². The minimum absolute atomic E-state index is 0.595. The van der Waals surface area contributed by atoms with Gasteiger partial charge in [0.15, 0.2) is 0 Å². The standard InChI is InChI=1S/C11H11BrN2/c12-10-4-2-7(5-13-10)9-3-1-8-6-14-11(8)9/h2-5,8,11,14H,1,6H2/t8-,11+/m1/s1. The fraction of sp³-hybridized carbons (Fsp3) is 0.364. The van der Waals surface area contributed by atoms with E-state index in [1.165, 1.54) is 24.1 Å². The van der Waals surface area contributed by atoms with Crippen molar-refractivity contribution >= 4 is 21.5 Å². The summed E-state index contributed by atoms with van der Waals surface area (Å²) in [7, 11) is 0. The van der Waals surface area contributed by atoms with Gasteiger partial charge in [0.25, 0.3) is 0 Å². The summed E-state index contributed by atoms with van der Waals surface area (Å²) in [6.07, 6.45) is 5.52. The summed E-state index contributed by atoms with van der Waals surface area (Å²) >= 11 is 3.35. The SMILES string of the molecule is Brc1ccc(C2=CC[C@@H]3CN[C@H]23)cn1. The lowest BCUT2D eigenvalue weighted by molar-refractivity contribution is 0.307. The lowest BCUT2D eigenvalue weighted by atomic mass is 9.89. The van der Waals surface area contributed by atoms with Crippen molar-refractivity contribution in [2.75, 3.05) is 6.54 Å². The molecule has 0 bridgehead atoms. The van der Waals surface area contributed by atoms with Gasteiger partial charge in [-0.2, -0.15) is 0 Å². The van der Waals surface area contributed by atoms with Crippen LogP contribution >= 0.6 is 15.9 Å². The van der Waals surface area contributed by atoms with Crippen molar-refractivity contribution in [1.82, 2.24) is 10.3 Å². The zero-order valence-electron chi connectivity index (χ0n) is 7.70. The van der Waals surface area contributed by atoms with Crippen LogP contribution in [0.15, 0.2) is 29.0 Å². The largest absolute Gasteiger partial charge is 0.309 e. The molecule has 2 nitrogen and oxygen atoms in total. The number of aromatic nitrogens is 1. The number of pyridine rings is 1. The predicted octanol–water partition coefficient (Wildman–Crippen LogP) is 2.22. The van der Waals surface area contributed by atoms with Crippen molar-refractivity contribution in [3.8, 4) is 0 Å². The Morgan fingerprint density at radius 1 is 1.43 bits per heavy atom. The molecule has 0 aromatic carbocycles. The Kier molecular flexibility index (Phi) is 1.96. The molecule has 2 aliphatic rings. The van der Waals surface area contributed by atoms with Crippen LogP contribution < -0.4 is 5.32 Å². The van der Waals surface area contributed by atoms with Gasteiger partial charge in [0.05, 0.1) is 0 Å². The van der Waals surface area contributed by atoms with E-state index in [4.69, 9.17) is 0 Å². The average molecular weight is 251 g/mol. The van der Waals surface area contributed by atoms with Crippen molar-refractivity contribution in [1.29, 1.82) is 0 Å². The highest BCUT2D eigenvalue weighted by Crippen LogP contribution is 2.37. The average Bonchev–Trinajstić information content (AvgIpc) is 2.43. The van der Waals surface area contributed by atoms with Crippen molar-refractivity contribution in [2.24, 2.45) is 5.92 Å². The Morgan fingerprint density at radius 2 is 2.36 bits per heavy atom. The molecule has 1 saturated heterocycles. The Balaban J connectivity index is 1.92. The van der Waals surface area contributed by atoms with Crippen molar-refractivity contribution in [3.05, 3.63) is 34.6 Å². The summed E-state index contributed by atoms with van der Waals surface area (Å²) < 4.78 is 0.901. The molecule has 0 radical (unpaired) electrons. The first kappa shape index (κ1) is 8.62. The number of nitrogens with zero attached hydrogens (tertiary/aromatic N) is 1. The smallest absolute Gasteiger partial charge is 0.106 e.